The standard InChI is InChI=1S/C13H17N5O2/c1-7-5-8(2)16-10(7)13(19)17-9-3-4-20-11(9)12-14-6-15-18-12/h5-6,9,11,16H,3-4H2,1-2H3,(H,17,19)(H,14,15,18)/t9-,11+/m0/s1. The van der Waals surface area contributed by atoms with Gasteiger partial charge in [0.15, 0.2) is 5.82 Å². The van der Waals surface area contributed by atoms with Crippen LogP contribution in [-0.2, 0) is 4.74 Å². The summed E-state index contributed by atoms with van der Waals surface area (Å²) in [6, 6.07) is 1.85. The lowest BCUT2D eigenvalue weighted by Crippen LogP contribution is -2.37. The molecule has 0 radical (unpaired) electrons. The Morgan fingerprint density at radius 3 is 3.00 bits per heavy atom. The summed E-state index contributed by atoms with van der Waals surface area (Å²) in [5, 5.41) is 9.62. The minimum Gasteiger partial charge on any atom is -0.368 e. The van der Waals surface area contributed by atoms with E-state index >= 15 is 0 Å². The molecule has 2 aromatic rings. The van der Waals surface area contributed by atoms with Gasteiger partial charge in [0.25, 0.3) is 5.91 Å². The highest BCUT2D eigenvalue weighted by Gasteiger charge is 2.33. The molecule has 3 rings (SSSR count). The molecule has 0 unspecified atom stereocenters. The summed E-state index contributed by atoms with van der Waals surface area (Å²) >= 11 is 0. The third-order valence-electron chi connectivity index (χ3n) is 3.49. The Morgan fingerprint density at radius 2 is 2.35 bits per heavy atom. The third kappa shape index (κ3) is 2.32. The largest absolute Gasteiger partial charge is 0.368 e. The fourth-order valence-electron chi connectivity index (χ4n) is 2.56. The number of aromatic nitrogens is 4. The van der Waals surface area contributed by atoms with Gasteiger partial charge in [-0.1, -0.05) is 0 Å². The van der Waals surface area contributed by atoms with Crippen LogP contribution in [0.15, 0.2) is 12.4 Å². The molecule has 0 bridgehead atoms. The highest BCUT2D eigenvalue weighted by molar-refractivity contribution is 5.94. The predicted molar refractivity (Wildman–Crippen MR) is 71.2 cm³/mol. The number of H-pyrrole nitrogens is 2. The number of aromatic amines is 2. The number of amides is 1. The van der Waals surface area contributed by atoms with Crippen molar-refractivity contribution < 1.29 is 9.53 Å². The number of aryl methyl sites for hydroxylation is 2. The van der Waals surface area contributed by atoms with Gasteiger partial charge in [-0.25, -0.2) is 4.98 Å². The quantitative estimate of drug-likeness (QED) is 0.779. The highest BCUT2D eigenvalue weighted by Crippen LogP contribution is 2.26. The van der Waals surface area contributed by atoms with E-state index in [4.69, 9.17) is 4.74 Å². The Kier molecular flexibility index (Phi) is 3.27. The Labute approximate surface area is 116 Å². The number of hydrogen-bond acceptors (Lipinski definition) is 4. The number of hydrogen-bond donors (Lipinski definition) is 3. The molecule has 0 saturated carbocycles. The maximum Gasteiger partial charge on any atom is 0.268 e. The van der Waals surface area contributed by atoms with Crippen LogP contribution in [0.3, 0.4) is 0 Å². The van der Waals surface area contributed by atoms with Crippen LogP contribution < -0.4 is 5.32 Å². The number of nitrogens with zero attached hydrogens (tertiary/aromatic N) is 2. The minimum atomic E-state index is -0.266. The molecule has 1 saturated heterocycles. The first kappa shape index (κ1) is 12.9. The van der Waals surface area contributed by atoms with Crippen LogP contribution in [0, 0.1) is 13.8 Å². The van der Waals surface area contributed by atoms with E-state index in [0.717, 1.165) is 17.7 Å². The van der Waals surface area contributed by atoms with Crippen molar-refractivity contribution in [3.8, 4) is 0 Å². The minimum absolute atomic E-state index is 0.0987. The van der Waals surface area contributed by atoms with E-state index in [1.54, 1.807) is 0 Å². The average molecular weight is 275 g/mol. The smallest absolute Gasteiger partial charge is 0.268 e. The van der Waals surface area contributed by atoms with E-state index in [1.807, 2.05) is 19.9 Å². The molecule has 2 atom stereocenters. The maximum absolute atomic E-state index is 12.3. The Balaban J connectivity index is 1.74. The average Bonchev–Trinajstić information content (AvgIpc) is 3.09. The highest BCUT2D eigenvalue weighted by atomic mass is 16.5. The summed E-state index contributed by atoms with van der Waals surface area (Å²) in [4.78, 5) is 19.5. The van der Waals surface area contributed by atoms with Crippen molar-refractivity contribution in [1.82, 2.24) is 25.5 Å². The molecule has 0 spiro atoms. The van der Waals surface area contributed by atoms with Crippen LogP contribution in [0.25, 0.3) is 0 Å². The van der Waals surface area contributed by atoms with Gasteiger partial charge in [-0.2, -0.15) is 5.10 Å². The van der Waals surface area contributed by atoms with E-state index < -0.39 is 0 Å². The second kappa shape index (κ2) is 5.09. The van der Waals surface area contributed by atoms with Crippen molar-refractivity contribution in [3.05, 3.63) is 35.2 Å². The van der Waals surface area contributed by atoms with E-state index in [2.05, 4.69) is 25.5 Å². The zero-order valence-corrected chi connectivity index (χ0v) is 11.4. The maximum atomic E-state index is 12.3. The van der Waals surface area contributed by atoms with Crippen molar-refractivity contribution in [3.63, 3.8) is 0 Å². The molecular weight excluding hydrogens is 258 g/mol. The number of carbonyl (C=O) groups is 1. The number of rotatable bonds is 3. The fraction of sp³-hybridized carbons (Fsp3) is 0.462. The Hall–Kier alpha value is -2.15. The number of carbonyl (C=O) groups excluding carboxylic acids is 1. The molecule has 3 heterocycles. The summed E-state index contributed by atoms with van der Waals surface area (Å²) in [6.07, 6.45) is 1.93. The first-order chi connectivity index (χ1) is 9.65. The first-order valence-corrected chi connectivity index (χ1v) is 6.59. The van der Waals surface area contributed by atoms with Gasteiger partial charge in [0, 0.05) is 12.3 Å². The SMILES string of the molecule is Cc1cc(C)c(C(=O)N[C@H]2CCO[C@H]2c2ncn[nH]2)[nH]1. The van der Waals surface area contributed by atoms with E-state index in [-0.39, 0.29) is 18.1 Å². The molecular formula is C13H17N5O2. The van der Waals surface area contributed by atoms with Gasteiger partial charge in [-0.3, -0.25) is 9.89 Å². The van der Waals surface area contributed by atoms with Crippen LogP contribution in [0.1, 0.15) is 40.1 Å². The second-order valence-electron chi connectivity index (χ2n) is 5.04. The molecule has 1 fully saturated rings. The molecule has 2 aromatic heterocycles. The van der Waals surface area contributed by atoms with Crippen molar-refractivity contribution in [2.45, 2.75) is 32.4 Å². The van der Waals surface area contributed by atoms with Gasteiger partial charge in [-0.15, -0.1) is 0 Å². The monoisotopic (exact) mass is 275 g/mol. The van der Waals surface area contributed by atoms with Crippen molar-refractivity contribution >= 4 is 5.91 Å². The summed E-state index contributed by atoms with van der Waals surface area (Å²) < 4.78 is 5.62. The lowest BCUT2D eigenvalue weighted by molar-refractivity contribution is 0.0788. The van der Waals surface area contributed by atoms with Crippen LogP contribution in [0.2, 0.25) is 0 Å². The molecule has 1 amide bonds. The van der Waals surface area contributed by atoms with Gasteiger partial charge >= 0.3 is 0 Å². The van der Waals surface area contributed by atoms with Crippen molar-refractivity contribution in [2.24, 2.45) is 0 Å². The summed E-state index contributed by atoms with van der Waals surface area (Å²) in [5.74, 6) is 0.530. The number of ether oxygens (including phenoxy) is 1. The molecule has 106 valence electrons. The zero-order chi connectivity index (χ0) is 14.1. The summed E-state index contributed by atoms with van der Waals surface area (Å²) in [6.45, 7) is 4.44. The molecule has 7 nitrogen and oxygen atoms in total. The number of nitrogens with one attached hydrogen (secondary N) is 3. The molecule has 1 aliphatic heterocycles. The molecule has 0 aromatic carbocycles. The van der Waals surface area contributed by atoms with E-state index in [1.165, 1.54) is 6.33 Å². The predicted octanol–water partition coefficient (Wildman–Crippen LogP) is 1.01. The van der Waals surface area contributed by atoms with Gasteiger partial charge in [0.1, 0.15) is 18.1 Å². The van der Waals surface area contributed by atoms with Crippen LogP contribution >= 0.6 is 0 Å². The Morgan fingerprint density at radius 1 is 1.50 bits per heavy atom. The van der Waals surface area contributed by atoms with Crippen LogP contribution in [-0.4, -0.2) is 38.7 Å². The van der Waals surface area contributed by atoms with Crippen LogP contribution in [0.4, 0.5) is 0 Å². The molecule has 0 aliphatic carbocycles. The Bertz CT molecular complexity index is 604. The molecule has 1 aliphatic rings. The first-order valence-electron chi connectivity index (χ1n) is 6.59. The van der Waals surface area contributed by atoms with Gasteiger partial charge in [-0.05, 0) is 31.9 Å². The van der Waals surface area contributed by atoms with Gasteiger partial charge in [0.05, 0.1) is 6.04 Å². The lowest BCUT2D eigenvalue weighted by Gasteiger charge is -2.17. The fourth-order valence-corrected chi connectivity index (χ4v) is 2.56. The lowest BCUT2D eigenvalue weighted by atomic mass is 10.1. The van der Waals surface area contributed by atoms with E-state index in [0.29, 0.717) is 18.1 Å². The second-order valence-corrected chi connectivity index (χ2v) is 5.04. The van der Waals surface area contributed by atoms with Gasteiger partial charge in [0.2, 0.25) is 0 Å². The topological polar surface area (TPSA) is 95.7 Å². The van der Waals surface area contributed by atoms with E-state index in [9.17, 15) is 4.79 Å². The zero-order valence-electron chi connectivity index (χ0n) is 11.4. The normalized spacial score (nSPS) is 22.1. The molecule has 20 heavy (non-hydrogen) atoms. The van der Waals surface area contributed by atoms with Crippen molar-refractivity contribution in [1.29, 1.82) is 0 Å². The summed E-state index contributed by atoms with van der Waals surface area (Å²) in [5.41, 5.74) is 2.52. The van der Waals surface area contributed by atoms with Crippen LogP contribution in [0.5, 0.6) is 0 Å². The summed E-state index contributed by atoms with van der Waals surface area (Å²) in [7, 11) is 0. The van der Waals surface area contributed by atoms with Crippen molar-refractivity contribution in [2.75, 3.05) is 6.61 Å². The van der Waals surface area contributed by atoms with Gasteiger partial charge < -0.3 is 15.0 Å². The third-order valence-corrected chi connectivity index (χ3v) is 3.49. The molecule has 3 N–H and O–H groups in total. The molecule has 7 heteroatoms.